The number of alkyl halides is 3. The fourth-order valence-corrected chi connectivity index (χ4v) is 2.66. The van der Waals surface area contributed by atoms with E-state index in [2.05, 4.69) is 26.2 Å². The van der Waals surface area contributed by atoms with Crippen molar-refractivity contribution in [1.82, 2.24) is 4.98 Å². The second kappa shape index (κ2) is 6.57. The second-order valence-electron chi connectivity index (χ2n) is 4.09. The van der Waals surface area contributed by atoms with Crippen LogP contribution in [0.1, 0.15) is 10.5 Å². The summed E-state index contributed by atoms with van der Waals surface area (Å²) < 4.78 is 37.6. The molecule has 2 rings (SSSR count). The molecule has 0 radical (unpaired) electrons. The smallest absolute Gasteiger partial charge is 0.356 e. The van der Waals surface area contributed by atoms with Gasteiger partial charge in [-0.05, 0) is 34.1 Å². The number of para-hydroxylation sites is 1. The molecule has 0 aliphatic carbocycles. The molecule has 0 spiro atoms. The van der Waals surface area contributed by atoms with Crippen molar-refractivity contribution in [3.63, 3.8) is 0 Å². The quantitative estimate of drug-likeness (QED) is 0.758. The standard InChI is InChI=1S/C13H10BrF3N2OS/c14-8-5-10(18-6-8)12(20)19-9-3-1-2-4-11(9)21-7-13(15,16)17/h1-6,18H,7H2,(H,19,20). The van der Waals surface area contributed by atoms with E-state index in [4.69, 9.17) is 0 Å². The maximum absolute atomic E-state index is 12.3. The lowest BCUT2D eigenvalue weighted by Gasteiger charge is -2.11. The molecule has 1 aromatic heterocycles. The van der Waals surface area contributed by atoms with E-state index in [1.165, 1.54) is 6.07 Å². The maximum atomic E-state index is 12.3. The van der Waals surface area contributed by atoms with E-state index in [0.717, 1.165) is 0 Å². The maximum Gasteiger partial charge on any atom is 0.398 e. The van der Waals surface area contributed by atoms with Crippen molar-refractivity contribution < 1.29 is 18.0 Å². The molecular formula is C13H10BrF3N2OS. The van der Waals surface area contributed by atoms with Crippen LogP contribution in [0.5, 0.6) is 0 Å². The highest BCUT2D eigenvalue weighted by Gasteiger charge is 2.27. The molecule has 1 aromatic carbocycles. The molecule has 3 nitrogen and oxygen atoms in total. The average Bonchev–Trinajstić information content (AvgIpc) is 2.83. The van der Waals surface area contributed by atoms with Crippen LogP contribution in [0.25, 0.3) is 0 Å². The summed E-state index contributed by atoms with van der Waals surface area (Å²) >= 11 is 3.84. The van der Waals surface area contributed by atoms with Crippen LogP contribution in [0.4, 0.5) is 18.9 Å². The van der Waals surface area contributed by atoms with E-state index < -0.39 is 17.8 Å². The lowest BCUT2D eigenvalue weighted by atomic mass is 10.3. The van der Waals surface area contributed by atoms with Crippen LogP contribution in [0.2, 0.25) is 0 Å². The zero-order valence-electron chi connectivity index (χ0n) is 10.5. The van der Waals surface area contributed by atoms with E-state index in [1.807, 2.05) is 0 Å². The van der Waals surface area contributed by atoms with Crippen LogP contribution in [0.15, 0.2) is 45.9 Å². The SMILES string of the molecule is O=C(Nc1ccccc1SCC(F)(F)F)c1cc(Br)c[nH]1. The van der Waals surface area contributed by atoms with Crippen molar-refractivity contribution in [3.05, 3.63) is 46.7 Å². The molecule has 0 saturated carbocycles. The number of benzene rings is 1. The average molecular weight is 379 g/mol. The third-order valence-electron chi connectivity index (χ3n) is 2.42. The molecule has 8 heteroatoms. The Balaban J connectivity index is 2.11. The molecule has 0 saturated heterocycles. The van der Waals surface area contributed by atoms with Crippen LogP contribution in [-0.4, -0.2) is 22.8 Å². The summed E-state index contributed by atoms with van der Waals surface area (Å²) in [4.78, 5) is 15.1. The third kappa shape index (κ3) is 4.82. The highest BCUT2D eigenvalue weighted by Crippen LogP contribution is 2.32. The molecule has 0 unspecified atom stereocenters. The number of anilines is 1. The normalized spacial score (nSPS) is 11.4. The van der Waals surface area contributed by atoms with Gasteiger partial charge in [0.2, 0.25) is 0 Å². The fraction of sp³-hybridized carbons (Fsp3) is 0.154. The van der Waals surface area contributed by atoms with E-state index in [-0.39, 0.29) is 0 Å². The summed E-state index contributed by atoms with van der Waals surface area (Å²) in [6, 6.07) is 7.96. The van der Waals surface area contributed by atoms with Crippen molar-refractivity contribution in [2.24, 2.45) is 0 Å². The summed E-state index contributed by atoms with van der Waals surface area (Å²) in [7, 11) is 0. The first-order valence-corrected chi connectivity index (χ1v) is 7.57. The van der Waals surface area contributed by atoms with Gasteiger partial charge in [0.25, 0.3) is 5.91 Å². The van der Waals surface area contributed by atoms with E-state index in [0.29, 0.717) is 32.5 Å². The van der Waals surface area contributed by atoms with Crippen LogP contribution in [-0.2, 0) is 0 Å². The van der Waals surface area contributed by atoms with E-state index in [9.17, 15) is 18.0 Å². The molecule has 1 heterocycles. The first-order valence-electron chi connectivity index (χ1n) is 5.79. The topological polar surface area (TPSA) is 44.9 Å². The molecular weight excluding hydrogens is 369 g/mol. The van der Waals surface area contributed by atoms with Gasteiger partial charge in [-0.15, -0.1) is 11.8 Å². The summed E-state index contributed by atoms with van der Waals surface area (Å²) in [5, 5.41) is 2.60. The Hall–Kier alpha value is -1.41. The Kier molecular flexibility index (Phi) is 5.00. The number of carbonyl (C=O) groups excluding carboxylic acids is 1. The van der Waals surface area contributed by atoms with Crippen molar-refractivity contribution >= 4 is 39.3 Å². The number of carbonyl (C=O) groups is 1. The number of thioether (sulfide) groups is 1. The molecule has 0 aliphatic heterocycles. The van der Waals surface area contributed by atoms with Gasteiger partial charge >= 0.3 is 6.18 Å². The van der Waals surface area contributed by atoms with Gasteiger partial charge < -0.3 is 10.3 Å². The van der Waals surface area contributed by atoms with Crippen LogP contribution in [0.3, 0.4) is 0 Å². The third-order valence-corrected chi connectivity index (χ3v) is 4.02. The van der Waals surface area contributed by atoms with Crippen LogP contribution >= 0.6 is 27.7 Å². The molecule has 0 fully saturated rings. The summed E-state index contributed by atoms with van der Waals surface area (Å²) in [5.74, 6) is -1.42. The second-order valence-corrected chi connectivity index (χ2v) is 6.02. The summed E-state index contributed by atoms with van der Waals surface area (Å²) in [6.07, 6.45) is -2.66. The van der Waals surface area contributed by atoms with Gasteiger partial charge in [0.1, 0.15) is 5.69 Å². The van der Waals surface area contributed by atoms with Gasteiger partial charge in [0.05, 0.1) is 11.4 Å². The summed E-state index contributed by atoms with van der Waals surface area (Å²) in [5.41, 5.74) is 0.667. The van der Waals surface area contributed by atoms with Crippen molar-refractivity contribution in [1.29, 1.82) is 0 Å². The van der Waals surface area contributed by atoms with Gasteiger partial charge in [0.15, 0.2) is 0 Å². The zero-order chi connectivity index (χ0) is 15.5. The monoisotopic (exact) mass is 378 g/mol. The molecule has 0 atom stereocenters. The van der Waals surface area contributed by atoms with Gasteiger partial charge in [-0.3, -0.25) is 4.79 Å². The predicted octanol–water partition coefficient (Wildman–Crippen LogP) is 4.68. The number of hydrogen-bond donors (Lipinski definition) is 2. The largest absolute Gasteiger partial charge is 0.398 e. The molecule has 2 aromatic rings. The van der Waals surface area contributed by atoms with Gasteiger partial charge in [-0.1, -0.05) is 12.1 Å². The van der Waals surface area contributed by atoms with Gasteiger partial charge in [0, 0.05) is 15.6 Å². The molecule has 0 aliphatic rings. The summed E-state index contributed by atoms with van der Waals surface area (Å²) in [6.45, 7) is 0. The van der Waals surface area contributed by atoms with Crippen molar-refractivity contribution in [2.45, 2.75) is 11.1 Å². The lowest BCUT2D eigenvalue weighted by Crippen LogP contribution is -2.14. The lowest BCUT2D eigenvalue weighted by molar-refractivity contribution is -0.105. The molecule has 112 valence electrons. The number of halogens is 4. The molecule has 21 heavy (non-hydrogen) atoms. The molecule has 0 bridgehead atoms. The minimum Gasteiger partial charge on any atom is -0.356 e. The van der Waals surface area contributed by atoms with Crippen molar-refractivity contribution in [2.75, 3.05) is 11.1 Å². The molecule has 2 N–H and O–H groups in total. The number of rotatable bonds is 4. The van der Waals surface area contributed by atoms with Gasteiger partial charge in [-0.2, -0.15) is 13.2 Å². The number of amides is 1. The van der Waals surface area contributed by atoms with Crippen LogP contribution in [0, 0.1) is 0 Å². The predicted molar refractivity (Wildman–Crippen MR) is 79.7 cm³/mol. The number of nitrogens with one attached hydrogen (secondary N) is 2. The Morgan fingerprint density at radius 2 is 2.05 bits per heavy atom. The first kappa shape index (κ1) is 16.0. The minimum absolute atomic E-state index is 0.317. The molecule has 1 amide bonds. The van der Waals surface area contributed by atoms with Crippen LogP contribution < -0.4 is 5.32 Å². The fourth-order valence-electron chi connectivity index (χ4n) is 1.54. The number of H-pyrrole nitrogens is 1. The highest BCUT2D eigenvalue weighted by molar-refractivity contribution is 9.10. The number of hydrogen-bond acceptors (Lipinski definition) is 2. The Bertz CT molecular complexity index is 642. The Labute approximate surface area is 131 Å². The number of aromatic nitrogens is 1. The zero-order valence-corrected chi connectivity index (χ0v) is 12.9. The van der Waals surface area contributed by atoms with Crippen molar-refractivity contribution in [3.8, 4) is 0 Å². The van der Waals surface area contributed by atoms with E-state index >= 15 is 0 Å². The Morgan fingerprint density at radius 3 is 2.67 bits per heavy atom. The first-order chi connectivity index (χ1) is 9.85. The minimum atomic E-state index is -4.26. The van der Waals surface area contributed by atoms with E-state index in [1.54, 1.807) is 30.5 Å². The highest BCUT2D eigenvalue weighted by atomic mass is 79.9. The number of aromatic amines is 1. The van der Waals surface area contributed by atoms with Gasteiger partial charge in [-0.25, -0.2) is 0 Å². The Morgan fingerprint density at radius 1 is 1.33 bits per heavy atom.